The molecule has 1 aliphatic heterocycles. The molecular formula is C9H19N3O2. The Morgan fingerprint density at radius 2 is 2.43 bits per heavy atom. The zero-order valence-corrected chi connectivity index (χ0v) is 8.66. The third-order valence-electron chi connectivity index (χ3n) is 2.72. The standard InChI is InChI=1S/C9H19N3O2/c1-8-4-2-3-6-12(8)7-5-9(13)14-11-10/h8,11H,2-7,10H2,1H3. The first-order valence-corrected chi connectivity index (χ1v) is 5.13. The van der Waals surface area contributed by atoms with E-state index in [9.17, 15) is 4.79 Å². The third-order valence-corrected chi connectivity index (χ3v) is 2.72. The molecule has 1 saturated heterocycles. The summed E-state index contributed by atoms with van der Waals surface area (Å²) in [5.74, 6) is 4.56. The van der Waals surface area contributed by atoms with Gasteiger partial charge in [0.25, 0.3) is 0 Å². The lowest BCUT2D eigenvalue weighted by molar-refractivity contribution is -0.151. The van der Waals surface area contributed by atoms with Crippen molar-refractivity contribution in [1.82, 2.24) is 10.5 Å². The van der Waals surface area contributed by atoms with Gasteiger partial charge in [-0.15, -0.1) is 0 Å². The Morgan fingerprint density at radius 3 is 3.07 bits per heavy atom. The fourth-order valence-electron chi connectivity index (χ4n) is 1.84. The summed E-state index contributed by atoms with van der Waals surface area (Å²) >= 11 is 0. The summed E-state index contributed by atoms with van der Waals surface area (Å²) in [6.07, 6.45) is 4.15. The predicted octanol–water partition coefficient (Wildman–Crippen LogP) is 0.172. The van der Waals surface area contributed by atoms with E-state index < -0.39 is 0 Å². The van der Waals surface area contributed by atoms with Gasteiger partial charge in [-0.25, -0.2) is 5.84 Å². The first kappa shape index (κ1) is 11.4. The third kappa shape index (κ3) is 3.61. The average molecular weight is 201 g/mol. The largest absolute Gasteiger partial charge is 0.356 e. The van der Waals surface area contributed by atoms with E-state index in [1.165, 1.54) is 19.3 Å². The number of nitrogens with one attached hydrogen (secondary N) is 1. The minimum absolute atomic E-state index is 0.301. The maximum atomic E-state index is 11.0. The Bertz CT molecular complexity index is 187. The van der Waals surface area contributed by atoms with Crippen LogP contribution in [0, 0.1) is 0 Å². The van der Waals surface area contributed by atoms with Gasteiger partial charge in [-0.3, -0.25) is 4.79 Å². The normalized spacial score (nSPS) is 23.4. The van der Waals surface area contributed by atoms with Crippen molar-refractivity contribution in [3.8, 4) is 0 Å². The fraction of sp³-hybridized carbons (Fsp3) is 0.889. The molecule has 5 nitrogen and oxygen atoms in total. The van der Waals surface area contributed by atoms with E-state index in [2.05, 4.69) is 16.7 Å². The second-order valence-electron chi connectivity index (χ2n) is 3.72. The molecule has 0 radical (unpaired) electrons. The van der Waals surface area contributed by atoms with Crippen molar-refractivity contribution in [3.63, 3.8) is 0 Å². The molecule has 0 aromatic carbocycles. The highest BCUT2D eigenvalue weighted by Gasteiger charge is 2.18. The smallest absolute Gasteiger partial charge is 0.327 e. The molecule has 5 heteroatoms. The lowest BCUT2D eigenvalue weighted by Gasteiger charge is -2.32. The number of likely N-dealkylation sites (tertiary alicyclic amines) is 1. The van der Waals surface area contributed by atoms with Crippen LogP contribution < -0.4 is 11.4 Å². The van der Waals surface area contributed by atoms with Crippen LogP contribution in [0.5, 0.6) is 0 Å². The second kappa shape index (κ2) is 5.95. The number of rotatable bonds is 4. The number of piperidine rings is 1. The highest BCUT2D eigenvalue weighted by Crippen LogP contribution is 2.16. The Labute approximate surface area is 84.5 Å². The van der Waals surface area contributed by atoms with E-state index in [0.717, 1.165) is 13.1 Å². The molecule has 1 fully saturated rings. The molecule has 0 aromatic heterocycles. The molecule has 0 spiro atoms. The SMILES string of the molecule is CC1CCCCN1CCC(=O)ONN. The van der Waals surface area contributed by atoms with Crippen molar-refractivity contribution in [1.29, 1.82) is 0 Å². The Balaban J connectivity index is 2.19. The first-order chi connectivity index (χ1) is 6.74. The van der Waals surface area contributed by atoms with Gasteiger partial charge in [-0.2, -0.15) is 0 Å². The molecule has 0 bridgehead atoms. The summed E-state index contributed by atoms with van der Waals surface area (Å²) in [6.45, 7) is 4.05. The Morgan fingerprint density at radius 1 is 1.64 bits per heavy atom. The van der Waals surface area contributed by atoms with Crippen LogP contribution in [0.3, 0.4) is 0 Å². The zero-order valence-electron chi connectivity index (χ0n) is 8.66. The van der Waals surface area contributed by atoms with Crippen LogP contribution in [0.4, 0.5) is 0 Å². The molecular weight excluding hydrogens is 182 g/mol. The van der Waals surface area contributed by atoms with Crippen molar-refractivity contribution in [2.75, 3.05) is 13.1 Å². The van der Waals surface area contributed by atoms with Gasteiger partial charge in [0.2, 0.25) is 0 Å². The molecule has 14 heavy (non-hydrogen) atoms. The molecule has 0 saturated carbocycles. The van der Waals surface area contributed by atoms with Crippen LogP contribution in [0.2, 0.25) is 0 Å². The minimum Gasteiger partial charge on any atom is -0.356 e. The number of nitrogens with zero attached hydrogens (tertiary/aromatic N) is 1. The first-order valence-electron chi connectivity index (χ1n) is 5.13. The van der Waals surface area contributed by atoms with Crippen LogP contribution in [-0.4, -0.2) is 30.0 Å². The maximum absolute atomic E-state index is 11.0. The van der Waals surface area contributed by atoms with Gasteiger partial charge in [-0.1, -0.05) is 12.0 Å². The van der Waals surface area contributed by atoms with Gasteiger partial charge < -0.3 is 9.74 Å². The van der Waals surface area contributed by atoms with E-state index >= 15 is 0 Å². The number of carbonyl (C=O) groups excluding carboxylic acids is 1. The van der Waals surface area contributed by atoms with E-state index in [1.54, 1.807) is 0 Å². The maximum Gasteiger partial charge on any atom is 0.327 e. The van der Waals surface area contributed by atoms with Crippen LogP contribution in [0.25, 0.3) is 0 Å². The van der Waals surface area contributed by atoms with Crippen molar-refractivity contribution < 1.29 is 9.63 Å². The van der Waals surface area contributed by atoms with Crippen molar-refractivity contribution >= 4 is 5.97 Å². The quantitative estimate of drug-likeness (QED) is 0.501. The van der Waals surface area contributed by atoms with E-state index in [4.69, 9.17) is 5.84 Å². The molecule has 1 heterocycles. The molecule has 3 N–H and O–H groups in total. The number of hydrogen-bond donors (Lipinski definition) is 2. The van der Waals surface area contributed by atoms with Gasteiger partial charge in [-0.05, 0) is 26.3 Å². The summed E-state index contributed by atoms with van der Waals surface area (Å²) in [6, 6.07) is 0.586. The molecule has 1 rings (SSSR count). The number of hydrogen-bond acceptors (Lipinski definition) is 5. The zero-order chi connectivity index (χ0) is 10.4. The topological polar surface area (TPSA) is 67.6 Å². The lowest BCUT2D eigenvalue weighted by atomic mass is 10.0. The molecule has 82 valence electrons. The molecule has 0 amide bonds. The fourth-order valence-corrected chi connectivity index (χ4v) is 1.84. The summed E-state index contributed by atoms with van der Waals surface area (Å²) in [5, 5.41) is 0. The van der Waals surface area contributed by atoms with E-state index in [-0.39, 0.29) is 5.97 Å². The van der Waals surface area contributed by atoms with Gasteiger partial charge in [0.1, 0.15) is 0 Å². The van der Waals surface area contributed by atoms with Gasteiger partial charge in [0.05, 0.1) is 6.42 Å². The minimum atomic E-state index is -0.301. The van der Waals surface area contributed by atoms with Gasteiger partial charge in [0, 0.05) is 12.6 Å². The molecule has 1 aliphatic rings. The van der Waals surface area contributed by atoms with Crippen molar-refractivity contribution in [3.05, 3.63) is 0 Å². The molecule has 1 unspecified atom stereocenters. The van der Waals surface area contributed by atoms with Crippen LogP contribution in [-0.2, 0) is 9.63 Å². The highest BCUT2D eigenvalue weighted by atomic mass is 16.7. The van der Waals surface area contributed by atoms with Crippen molar-refractivity contribution in [2.24, 2.45) is 5.84 Å². The summed E-state index contributed by atoms with van der Waals surface area (Å²) in [4.78, 5) is 17.8. The predicted molar refractivity (Wildman–Crippen MR) is 52.9 cm³/mol. The van der Waals surface area contributed by atoms with Crippen LogP contribution in [0.15, 0.2) is 0 Å². The highest BCUT2D eigenvalue weighted by molar-refractivity contribution is 5.69. The second-order valence-corrected chi connectivity index (χ2v) is 3.72. The Kier molecular flexibility index (Phi) is 4.86. The molecule has 1 atom stereocenters. The average Bonchev–Trinajstić information content (AvgIpc) is 2.17. The summed E-state index contributed by atoms with van der Waals surface area (Å²) in [7, 11) is 0. The lowest BCUT2D eigenvalue weighted by Crippen LogP contribution is -2.39. The number of hydrazine groups is 1. The summed E-state index contributed by atoms with van der Waals surface area (Å²) < 4.78 is 0. The molecule has 0 aromatic rings. The van der Waals surface area contributed by atoms with Crippen LogP contribution >= 0.6 is 0 Å². The number of carbonyl (C=O) groups is 1. The monoisotopic (exact) mass is 201 g/mol. The Hall–Kier alpha value is -0.650. The van der Waals surface area contributed by atoms with Gasteiger partial charge in [0.15, 0.2) is 0 Å². The van der Waals surface area contributed by atoms with E-state index in [1.807, 2.05) is 5.59 Å². The number of nitrogens with two attached hydrogens (primary N) is 1. The van der Waals surface area contributed by atoms with Crippen molar-refractivity contribution in [2.45, 2.75) is 38.6 Å². The van der Waals surface area contributed by atoms with Crippen LogP contribution in [0.1, 0.15) is 32.6 Å². The van der Waals surface area contributed by atoms with Gasteiger partial charge >= 0.3 is 5.97 Å². The summed E-state index contributed by atoms with van der Waals surface area (Å²) in [5.41, 5.74) is 1.90. The van der Waals surface area contributed by atoms with E-state index in [0.29, 0.717) is 12.5 Å². The molecule has 0 aliphatic carbocycles.